The number of hydrogen-bond acceptors (Lipinski definition) is 2. The highest BCUT2D eigenvalue weighted by Crippen LogP contribution is 2.20. The lowest BCUT2D eigenvalue weighted by atomic mass is 10.0. The molecule has 1 unspecified atom stereocenters. The van der Waals surface area contributed by atoms with Crippen LogP contribution in [0.3, 0.4) is 0 Å². The summed E-state index contributed by atoms with van der Waals surface area (Å²) in [6, 6.07) is 4.66. The molecule has 0 saturated carbocycles. The Morgan fingerprint density at radius 3 is 2.81 bits per heavy atom. The van der Waals surface area contributed by atoms with Crippen molar-refractivity contribution in [3.63, 3.8) is 0 Å². The predicted molar refractivity (Wildman–Crippen MR) is 61.1 cm³/mol. The minimum absolute atomic E-state index is 0.0406. The van der Waals surface area contributed by atoms with Gasteiger partial charge in [0.15, 0.2) is 5.78 Å². The van der Waals surface area contributed by atoms with E-state index < -0.39 is 0 Å². The smallest absolute Gasteiger partial charge is 0.180 e. The van der Waals surface area contributed by atoms with Crippen LogP contribution in [0.5, 0.6) is 0 Å². The van der Waals surface area contributed by atoms with Gasteiger partial charge in [-0.05, 0) is 45.0 Å². The summed E-state index contributed by atoms with van der Waals surface area (Å²) in [5.74, 6) is -0.259. The van der Waals surface area contributed by atoms with Crippen LogP contribution in [0.4, 0.5) is 4.39 Å². The number of benzene rings is 1. The van der Waals surface area contributed by atoms with E-state index in [1.165, 1.54) is 6.07 Å². The lowest BCUT2D eigenvalue weighted by molar-refractivity contribution is 0.0890. The van der Waals surface area contributed by atoms with Gasteiger partial charge in [-0.15, -0.1) is 0 Å². The molecular weight excluding hydrogens is 205 g/mol. The number of nitrogens with zero attached hydrogens (tertiary/aromatic N) is 1. The number of aryl methyl sites for hydroxylation is 1. The summed E-state index contributed by atoms with van der Waals surface area (Å²) in [7, 11) is 1.94. The summed E-state index contributed by atoms with van der Waals surface area (Å²) >= 11 is 0. The quantitative estimate of drug-likeness (QED) is 0.715. The van der Waals surface area contributed by atoms with E-state index in [1.807, 2.05) is 11.9 Å². The van der Waals surface area contributed by atoms with E-state index in [1.54, 1.807) is 19.1 Å². The maximum Gasteiger partial charge on any atom is 0.180 e. The summed E-state index contributed by atoms with van der Waals surface area (Å²) in [6.07, 6.45) is 1.92. The average Bonchev–Trinajstić information content (AvgIpc) is 2.67. The van der Waals surface area contributed by atoms with Gasteiger partial charge >= 0.3 is 0 Å². The largest absolute Gasteiger partial charge is 0.296 e. The van der Waals surface area contributed by atoms with Crippen molar-refractivity contribution in [2.75, 3.05) is 13.6 Å². The molecule has 1 aliphatic heterocycles. The molecule has 0 aliphatic carbocycles. The van der Waals surface area contributed by atoms with Crippen LogP contribution in [0.15, 0.2) is 18.2 Å². The fraction of sp³-hybridized carbons (Fsp3) is 0.462. The van der Waals surface area contributed by atoms with E-state index >= 15 is 0 Å². The lowest BCUT2D eigenvalue weighted by Crippen LogP contribution is -2.32. The summed E-state index contributed by atoms with van der Waals surface area (Å²) in [6.45, 7) is 2.65. The SMILES string of the molecule is Cc1ccc(C(=O)C2CCCN2C)cc1F. The molecule has 1 fully saturated rings. The number of hydrogen-bond donors (Lipinski definition) is 0. The molecule has 86 valence electrons. The van der Waals surface area contributed by atoms with Crippen molar-refractivity contribution in [3.05, 3.63) is 35.1 Å². The van der Waals surface area contributed by atoms with Crippen molar-refractivity contribution >= 4 is 5.78 Å². The molecule has 0 radical (unpaired) electrons. The van der Waals surface area contributed by atoms with Crippen LogP contribution in [-0.4, -0.2) is 30.3 Å². The number of Topliss-reactive ketones (excluding diaryl/α,β-unsaturated/α-hetero) is 1. The number of ketones is 1. The molecule has 0 N–H and O–H groups in total. The van der Waals surface area contributed by atoms with Crippen LogP contribution in [0.2, 0.25) is 0 Å². The van der Waals surface area contributed by atoms with Crippen LogP contribution in [0.25, 0.3) is 0 Å². The van der Waals surface area contributed by atoms with Gasteiger partial charge in [0.2, 0.25) is 0 Å². The summed E-state index contributed by atoms with van der Waals surface area (Å²) in [4.78, 5) is 14.2. The molecular formula is C13H16FNO. The minimum atomic E-state index is -0.300. The van der Waals surface area contributed by atoms with Gasteiger partial charge in [0.25, 0.3) is 0 Å². The maximum absolute atomic E-state index is 13.4. The van der Waals surface area contributed by atoms with Gasteiger partial charge in [0.05, 0.1) is 6.04 Å². The number of rotatable bonds is 2. The molecule has 1 aromatic rings. The van der Waals surface area contributed by atoms with Crippen molar-refractivity contribution in [1.29, 1.82) is 0 Å². The van der Waals surface area contributed by atoms with E-state index in [4.69, 9.17) is 0 Å². The molecule has 2 rings (SSSR count). The number of carbonyl (C=O) groups is 1. The second-order valence-corrected chi connectivity index (χ2v) is 4.47. The monoisotopic (exact) mass is 221 g/mol. The molecule has 1 heterocycles. The molecule has 16 heavy (non-hydrogen) atoms. The highest BCUT2D eigenvalue weighted by atomic mass is 19.1. The van der Waals surface area contributed by atoms with Gasteiger partial charge < -0.3 is 0 Å². The first kappa shape index (κ1) is 11.3. The van der Waals surface area contributed by atoms with Crippen LogP contribution >= 0.6 is 0 Å². The number of likely N-dealkylation sites (tertiary alicyclic amines) is 1. The zero-order valence-electron chi connectivity index (χ0n) is 9.66. The molecule has 3 heteroatoms. The Morgan fingerprint density at radius 1 is 1.50 bits per heavy atom. The topological polar surface area (TPSA) is 20.3 Å². The second-order valence-electron chi connectivity index (χ2n) is 4.47. The maximum atomic E-state index is 13.4. The Balaban J connectivity index is 2.23. The third kappa shape index (κ3) is 2.00. The number of likely N-dealkylation sites (N-methyl/N-ethyl adjacent to an activating group) is 1. The van der Waals surface area contributed by atoms with Crippen molar-refractivity contribution in [3.8, 4) is 0 Å². The Hall–Kier alpha value is -1.22. The van der Waals surface area contributed by atoms with Crippen LogP contribution in [-0.2, 0) is 0 Å². The van der Waals surface area contributed by atoms with E-state index in [9.17, 15) is 9.18 Å². The molecule has 0 aromatic heterocycles. The third-order valence-electron chi connectivity index (χ3n) is 3.28. The third-order valence-corrected chi connectivity index (χ3v) is 3.28. The lowest BCUT2D eigenvalue weighted by Gasteiger charge is -2.18. The first-order chi connectivity index (χ1) is 7.59. The van der Waals surface area contributed by atoms with E-state index in [0.717, 1.165) is 19.4 Å². The van der Waals surface area contributed by atoms with Crippen LogP contribution in [0, 0.1) is 12.7 Å². The van der Waals surface area contributed by atoms with E-state index in [2.05, 4.69) is 0 Å². The standard InChI is InChI=1S/C13H16FNO/c1-9-5-6-10(8-11(9)14)13(16)12-4-3-7-15(12)2/h5-6,8,12H,3-4,7H2,1-2H3. The van der Waals surface area contributed by atoms with E-state index in [0.29, 0.717) is 11.1 Å². The van der Waals surface area contributed by atoms with Gasteiger partial charge in [-0.2, -0.15) is 0 Å². The van der Waals surface area contributed by atoms with Crippen molar-refractivity contribution in [2.45, 2.75) is 25.8 Å². The molecule has 2 nitrogen and oxygen atoms in total. The molecule has 0 amide bonds. The number of carbonyl (C=O) groups excluding carboxylic acids is 1. The van der Waals surface area contributed by atoms with Crippen molar-refractivity contribution in [2.24, 2.45) is 0 Å². The first-order valence-electron chi connectivity index (χ1n) is 5.60. The molecule has 0 bridgehead atoms. The Kier molecular flexibility index (Phi) is 3.06. The molecule has 1 aromatic carbocycles. The van der Waals surface area contributed by atoms with Crippen LogP contribution < -0.4 is 0 Å². The highest BCUT2D eigenvalue weighted by molar-refractivity contribution is 6.00. The average molecular weight is 221 g/mol. The zero-order chi connectivity index (χ0) is 11.7. The van der Waals surface area contributed by atoms with Gasteiger partial charge in [-0.3, -0.25) is 9.69 Å². The minimum Gasteiger partial charge on any atom is -0.296 e. The molecule has 1 atom stereocenters. The van der Waals surface area contributed by atoms with Crippen molar-refractivity contribution in [1.82, 2.24) is 4.90 Å². The van der Waals surface area contributed by atoms with E-state index in [-0.39, 0.29) is 17.6 Å². The van der Waals surface area contributed by atoms with Gasteiger partial charge in [0.1, 0.15) is 5.82 Å². The van der Waals surface area contributed by atoms with Crippen molar-refractivity contribution < 1.29 is 9.18 Å². The predicted octanol–water partition coefficient (Wildman–Crippen LogP) is 2.41. The Morgan fingerprint density at radius 2 is 2.25 bits per heavy atom. The van der Waals surface area contributed by atoms with Gasteiger partial charge in [-0.25, -0.2) is 4.39 Å². The fourth-order valence-corrected chi connectivity index (χ4v) is 2.18. The summed E-state index contributed by atoms with van der Waals surface area (Å²) < 4.78 is 13.4. The normalized spacial score (nSPS) is 21.3. The zero-order valence-corrected chi connectivity index (χ0v) is 9.66. The fourth-order valence-electron chi connectivity index (χ4n) is 2.18. The molecule has 1 aliphatic rings. The van der Waals surface area contributed by atoms with Gasteiger partial charge in [0, 0.05) is 5.56 Å². The van der Waals surface area contributed by atoms with Crippen LogP contribution in [0.1, 0.15) is 28.8 Å². The highest BCUT2D eigenvalue weighted by Gasteiger charge is 2.28. The molecule has 1 saturated heterocycles. The summed E-state index contributed by atoms with van der Waals surface area (Å²) in [5.41, 5.74) is 1.07. The number of halogens is 1. The Labute approximate surface area is 95.1 Å². The van der Waals surface area contributed by atoms with Gasteiger partial charge in [-0.1, -0.05) is 12.1 Å². The Bertz CT molecular complexity index is 416. The first-order valence-corrected chi connectivity index (χ1v) is 5.60. The molecule has 0 spiro atoms. The second kappa shape index (κ2) is 4.34. The summed E-state index contributed by atoms with van der Waals surface area (Å²) in [5, 5.41) is 0.